The van der Waals surface area contributed by atoms with Gasteiger partial charge in [0.15, 0.2) is 5.57 Å². The third-order valence-corrected chi connectivity index (χ3v) is 18.4. The minimum atomic E-state index is -0.705. The van der Waals surface area contributed by atoms with Gasteiger partial charge in [-0.3, -0.25) is 0 Å². The lowest BCUT2D eigenvalue weighted by Crippen LogP contribution is -2.20. The van der Waals surface area contributed by atoms with Crippen LogP contribution in [-0.4, -0.2) is 53.6 Å². The highest BCUT2D eigenvalue weighted by molar-refractivity contribution is 7.30. The maximum absolute atomic E-state index is 13.9. The first-order valence-corrected chi connectivity index (χ1v) is 28.4. The zero-order chi connectivity index (χ0) is 53.9. The van der Waals surface area contributed by atoms with Crippen molar-refractivity contribution in [1.29, 1.82) is 0 Å². The molecule has 14 heteroatoms. The first-order chi connectivity index (χ1) is 38.2. The third kappa shape index (κ3) is 10.2. The van der Waals surface area contributed by atoms with Crippen molar-refractivity contribution in [2.45, 2.75) is 13.8 Å². The zero-order valence-corrected chi connectivity index (χ0v) is 46.8. The van der Waals surface area contributed by atoms with E-state index in [1.54, 1.807) is 87.6 Å². The van der Waals surface area contributed by atoms with Crippen LogP contribution >= 0.6 is 45.3 Å². The number of ether oxygens (including phenoxy) is 6. The number of nitrogens with zero attached hydrogens (tertiary/aromatic N) is 2. The summed E-state index contributed by atoms with van der Waals surface area (Å²) in [6, 6.07) is 62.0. The number of hydrogen-bond acceptors (Lipinski definition) is 14. The van der Waals surface area contributed by atoms with Crippen molar-refractivity contribution < 1.29 is 38.0 Å². The molecule has 78 heavy (non-hydrogen) atoms. The van der Waals surface area contributed by atoms with E-state index < -0.39 is 11.9 Å². The molecule has 0 aliphatic heterocycles. The lowest BCUT2D eigenvalue weighted by molar-refractivity contribution is -0.146. The Bertz CT molecular complexity index is 3440. The number of carbonyl (C=O) groups is 2. The number of benzene rings is 6. The minimum absolute atomic E-state index is 0.0945. The summed E-state index contributed by atoms with van der Waals surface area (Å²) in [5, 5.41) is 0. The molecular weight excluding hydrogens is 1050 g/mol. The van der Waals surface area contributed by atoms with Crippen LogP contribution in [0.3, 0.4) is 0 Å². The predicted molar refractivity (Wildman–Crippen MR) is 320 cm³/mol. The second-order valence-corrected chi connectivity index (χ2v) is 22.1. The number of thiophene rings is 4. The van der Waals surface area contributed by atoms with Crippen LogP contribution in [0, 0.1) is 0 Å². The number of methoxy groups -OCH3 is 4. The van der Waals surface area contributed by atoms with Gasteiger partial charge in [0.1, 0.15) is 23.0 Å². The lowest BCUT2D eigenvalue weighted by Gasteiger charge is -2.26. The van der Waals surface area contributed by atoms with Crippen LogP contribution < -0.4 is 28.7 Å². The van der Waals surface area contributed by atoms with Gasteiger partial charge in [0.05, 0.1) is 51.4 Å². The van der Waals surface area contributed by atoms with Crippen molar-refractivity contribution in [1.82, 2.24) is 0 Å². The Balaban J connectivity index is 0.909. The Morgan fingerprint density at radius 3 is 0.923 bits per heavy atom. The standard InChI is InChI=1S/C64H52N2O8S4/c1-7-73-63(67)60(64(68)74-8-2)59-51-37-57(55-35-33-53(75-55)39-9-13-41(14-10-39)65(43-17-25-47(69-3)26-18-43)44-19-27-48(70-4)28-20-44)77-61(51)62-52(59)38-58(78-62)56-36-34-54(76-56)40-11-15-42(16-12-40)66(45-21-29-49(71-5)30-22-45)46-23-31-50(72-6)32-24-46/h9-38H,7-8H2,1-6H3. The molecule has 10 aromatic rings. The van der Waals surface area contributed by atoms with E-state index in [9.17, 15) is 9.59 Å². The summed E-state index contributed by atoms with van der Waals surface area (Å²) in [7, 11) is 6.67. The second-order valence-electron chi connectivity index (χ2n) is 17.8. The molecule has 10 nitrogen and oxygen atoms in total. The Morgan fingerprint density at radius 2 is 0.641 bits per heavy atom. The summed E-state index contributed by atoms with van der Waals surface area (Å²) in [6.45, 7) is 3.69. The Morgan fingerprint density at radius 1 is 0.359 bits per heavy atom. The van der Waals surface area contributed by atoms with Gasteiger partial charge in [0.2, 0.25) is 0 Å². The molecule has 11 rings (SSSR count). The summed E-state index contributed by atoms with van der Waals surface area (Å²) >= 11 is 6.73. The molecule has 390 valence electrons. The molecule has 1 aliphatic rings. The predicted octanol–water partition coefficient (Wildman–Crippen LogP) is 17.5. The number of rotatable bonds is 18. The molecule has 0 unspecified atom stereocenters. The van der Waals surface area contributed by atoms with Crippen LogP contribution in [0.2, 0.25) is 0 Å². The Kier molecular flexibility index (Phi) is 15.0. The topological polar surface area (TPSA) is 96.0 Å². The fourth-order valence-electron chi connectivity index (χ4n) is 9.46. The highest BCUT2D eigenvalue weighted by atomic mass is 32.1. The van der Waals surface area contributed by atoms with E-state index in [1.807, 2.05) is 97.1 Å². The molecule has 4 heterocycles. The van der Waals surface area contributed by atoms with Crippen LogP contribution in [0.25, 0.3) is 55.7 Å². The van der Waals surface area contributed by atoms with Gasteiger partial charge in [-0.2, -0.15) is 0 Å². The molecule has 0 bridgehead atoms. The largest absolute Gasteiger partial charge is 0.497 e. The van der Waals surface area contributed by atoms with Gasteiger partial charge >= 0.3 is 11.9 Å². The van der Waals surface area contributed by atoms with Crippen LogP contribution in [0.15, 0.2) is 188 Å². The molecule has 0 saturated carbocycles. The number of fused-ring (bicyclic) bond motifs is 3. The monoisotopic (exact) mass is 1100 g/mol. The average molecular weight is 1110 g/mol. The van der Waals surface area contributed by atoms with Gasteiger partial charge < -0.3 is 38.2 Å². The maximum Gasteiger partial charge on any atom is 0.346 e. The third-order valence-electron chi connectivity index (χ3n) is 13.3. The molecule has 0 fully saturated rings. The van der Waals surface area contributed by atoms with Crippen molar-refractivity contribution in [3.05, 3.63) is 199 Å². The summed E-state index contributed by atoms with van der Waals surface area (Å²) < 4.78 is 33.0. The van der Waals surface area contributed by atoms with Crippen molar-refractivity contribution in [2.24, 2.45) is 0 Å². The molecule has 0 saturated heterocycles. The average Bonchev–Trinajstić information content (AvgIpc) is 4.51. The minimum Gasteiger partial charge on any atom is -0.497 e. The molecule has 0 radical (unpaired) electrons. The molecule has 0 atom stereocenters. The highest BCUT2D eigenvalue weighted by Gasteiger charge is 2.37. The van der Waals surface area contributed by atoms with E-state index in [0.717, 1.165) is 118 Å². The van der Waals surface area contributed by atoms with Crippen molar-refractivity contribution in [2.75, 3.05) is 51.5 Å². The first-order valence-electron chi connectivity index (χ1n) is 25.1. The number of esters is 2. The quantitative estimate of drug-likeness (QED) is 0.0358. The fraction of sp³-hybridized carbons (Fsp3) is 0.125. The second kappa shape index (κ2) is 22.7. The van der Waals surface area contributed by atoms with Crippen LogP contribution in [0.1, 0.15) is 25.0 Å². The van der Waals surface area contributed by atoms with Gasteiger partial charge in [0.25, 0.3) is 0 Å². The zero-order valence-electron chi connectivity index (χ0n) is 43.5. The molecule has 0 N–H and O–H groups in total. The SMILES string of the molecule is CCOC(=O)C(C(=O)OCC)=C1c2cc(-c3ccc(-c4ccc(N(c5ccc(OC)cc5)c5ccc(OC)cc5)cc4)s3)sc2-c2sc(-c3ccc(-c4ccc(N(c5ccc(OC)cc5)c5ccc(OC)cc5)cc4)s3)cc21. The smallest absolute Gasteiger partial charge is 0.346 e. The fourth-order valence-corrected chi connectivity index (χ4v) is 14.1. The molecule has 0 amide bonds. The number of hydrogen-bond donors (Lipinski definition) is 0. The first kappa shape index (κ1) is 51.7. The lowest BCUT2D eigenvalue weighted by atomic mass is 9.99. The highest BCUT2D eigenvalue weighted by Crippen LogP contribution is 2.58. The van der Waals surface area contributed by atoms with E-state index in [2.05, 4.69) is 94.7 Å². The van der Waals surface area contributed by atoms with Gasteiger partial charge in [-0.25, -0.2) is 9.59 Å². The Hall–Kier alpha value is -8.40. The summed E-state index contributed by atoms with van der Waals surface area (Å²) in [6.07, 6.45) is 0. The van der Waals surface area contributed by atoms with E-state index >= 15 is 0 Å². The number of anilines is 6. The number of carbonyl (C=O) groups excluding carboxylic acids is 2. The molecular formula is C64H52N2O8S4. The van der Waals surface area contributed by atoms with Crippen molar-refractivity contribution in [3.8, 4) is 73.1 Å². The molecule has 6 aromatic carbocycles. The van der Waals surface area contributed by atoms with Crippen molar-refractivity contribution in [3.63, 3.8) is 0 Å². The summed E-state index contributed by atoms with van der Waals surface area (Å²) in [5.74, 6) is 1.73. The van der Waals surface area contributed by atoms with E-state index in [-0.39, 0.29) is 18.8 Å². The van der Waals surface area contributed by atoms with Gasteiger partial charge in [0, 0.05) is 80.1 Å². The van der Waals surface area contributed by atoms with Gasteiger partial charge in [-0.15, -0.1) is 45.3 Å². The summed E-state index contributed by atoms with van der Waals surface area (Å²) in [5.41, 5.74) is 10.2. The van der Waals surface area contributed by atoms with Crippen molar-refractivity contribution >= 4 is 97.0 Å². The van der Waals surface area contributed by atoms with Crippen LogP contribution in [0.5, 0.6) is 23.0 Å². The molecule has 0 spiro atoms. The molecule has 1 aliphatic carbocycles. The van der Waals surface area contributed by atoms with Crippen LogP contribution in [-0.2, 0) is 19.1 Å². The van der Waals surface area contributed by atoms with Gasteiger partial charge in [-0.05, 0) is 183 Å². The molecule has 4 aromatic heterocycles. The Labute approximate surface area is 469 Å². The van der Waals surface area contributed by atoms with E-state index in [4.69, 9.17) is 28.4 Å². The summed E-state index contributed by atoms with van der Waals surface area (Å²) in [4.78, 5) is 40.6. The normalized spacial score (nSPS) is 11.4. The van der Waals surface area contributed by atoms with E-state index in [1.165, 1.54) is 0 Å². The van der Waals surface area contributed by atoms with Gasteiger partial charge in [-0.1, -0.05) is 24.3 Å². The van der Waals surface area contributed by atoms with E-state index in [0.29, 0.717) is 5.57 Å². The maximum atomic E-state index is 13.9. The van der Waals surface area contributed by atoms with Crippen LogP contribution in [0.4, 0.5) is 34.1 Å².